The van der Waals surface area contributed by atoms with Crippen molar-refractivity contribution in [1.29, 1.82) is 0 Å². The Bertz CT molecular complexity index is 566. The van der Waals surface area contributed by atoms with Gasteiger partial charge in [0.2, 0.25) is 0 Å². The minimum absolute atomic E-state index is 0.493. The van der Waals surface area contributed by atoms with Gasteiger partial charge in [-0.15, -0.1) is 0 Å². The topological polar surface area (TPSA) is 63.8 Å². The first kappa shape index (κ1) is 12.1. The molecule has 19 heavy (non-hydrogen) atoms. The van der Waals surface area contributed by atoms with Gasteiger partial charge in [0, 0.05) is 12.2 Å². The van der Waals surface area contributed by atoms with Crippen molar-refractivity contribution in [3.63, 3.8) is 0 Å². The Morgan fingerprint density at radius 1 is 1.37 bits per heavy atom. The molecule has 1 N–H and O–H groups in total. The zero-order valence-electron chi connectivity index (χ0n) is 11.3. The standard InChI is InChI=1S/C14H18N4O/c1-9-5-6-11(8-9)17-13-12(4-3-7-15-13)14-16-10(2)18-19-14/h3-4,7,9,11H,5-6,8H2,1-2H3,(H,15,17). The van der Waals surface area contributed by atoms with Gasteiger partial charge in [-0.1, -0.05) is 12.1 Å². The summed E-state index contributed by atoms with van der Waals surface area (Å²) in [5.41, 5.74) is 0.877. The second-order valence-electron chi connectivity index (χ2n) is 5.31. The Kier molecular flexibility index (Phi) is 3.19. The number of nitrogens with zero attached hydrogens (tertiary/aromatic N) is 3. The van der Waals surface area contributed by atoms with Gasteiger partial charge in [0.15, 0.2) is 5.82 Å². The van der Waals surface area contributed by atoms with Gasteiger partial charge in [0.25, 0.3) is 5.89 Å². The van der Waals surface area contributed by atoms with Crippen LogP contribution in [0.15, 0.2) is 22.9 Å². The van der Waals surface area contributed by atoms with Gasteiger partial charge in [-0.25, -0.2) is 4.98 Å². The van der Waals surface area contributed by atoms with Crippen molar-refractivity contribution in [3.05, 3.63) is 24.2 Å². The van der Waals surface area contributed by atoms with Gasteiger partial charge >= 0.3 is 0 Å². The normalized spacial score (nSPS) is 22.6. The van der Waals surface area contributed by atoms with Crippen LogP contribution in [-0.2, 0) is 0 Å². The largest absolute Gasteiger partial charge is 0.367 e. The molecule has 1 aliphatic rings. The number of pyridine rings is 1. The maximum atomic E-state index is 5.24. The summed E-state index contributed by atoms with van der Waals surface area (Å²) in [6.07, 6.45) is 5.45. The molecule has 0 aliphatic heterocycles. The average Bonchev–Trinajstić information content (AvgIpc) is 2.99. The summed E-state index contributed by atoms with van der Waals surface area (Å²) in [7, 11) is 0. The highest BCUT2D eigenvalue weighted by Crippen LogP contribution is 2.30. The minimum Gasteiger partial charge on any atom is -0.367 e. The van der Waals surface area contributed by atoms with E-state index in [2.05, 4.69) is 27.4 Å². The first-order valence-corrected chi connectivity index (χ1v) is 6.74. The molecule has 5 heteroatoms. The van der Waals surface area contributed by atoms with Gasteiger partial charge in [-0.3, -0.25) is 0 Å². The van der Waals surface area contributed by atoms with Crippen molar-refractivity contribution in [2.24, 2.45) is 5.92 Å². The quantitative estimate of drug-likeness (QED) is 0.916. The Morgan fingerprint density at radius 3 is 2.95 bits per heavy atom. The third kappa shape index (κ3) is 2.59. The van der Waals surface area contributed by atoms with E-state index in [4.69, 9.17) is 4.52 Å². The van der Waals surface area contributed by atoms with Crippen LogP contribution >= 0.6 is 0 Å². The van der Waals surface area contributed by atoms with E-state index in [0.29, 0.717) is 17.8 Å². The van der Waals surface area contributed by atoms with Crippen LogP contribution in [0, 0.1) is 12.8 Å². The highest BCUT2D eigenvalue weighted by atomic mass is 16.5. The summed E-state index contributed by atoms with van der Waals surface area (Å²) < 4.78 is 5.24. The molecule has 0 amide bonds. The second kappa shape index (κ2) is 4.99. The fraction of sp³-hybridized carbons (Fsp3) is 0.500. The van der Waals surface area contributed by atoms with Gasteiger partial charge in [-0.05, 0) is 44.2 Å². The Hall–Kier alpha value is -1.91. The summed E-state index contributed by atoms with van der Waals surface area (Å²) in [5, 5.41) is 7.35. The van der Waals surface area contributed by atoms with Crippen LogP contribution < -0.4 is 5.32 Å². The predicted molar refractivity (Wildman–Crippen MR) is 72.7 cm³/mol. The van der Waals surface area contributed by atoms with Gasteiger partial charge in [0.1, 0.15) is 5.82 Å². The minimum atomic E-state index is 0.493. The summed E-state index contributed by atoms with van der Waals surface area (Å²) in [6, 6.07) is 4.34. The first-order chi connectivity index (χ1) is 9.22. The molecule has 1 aliphatic carbocycles. The predicted octanol–water partition coefficient (Wildman–Crippen LogP) is 3.04. The number of aromatic nitrogens is 3. The molecule has 0 aromatic carbocycles. The number of nitrogens with one attached hydrogen (secondary N) is 1. The molecule has 1 saturated carbocycles. The Labute approximate surface area is 112 Å². The highest BCUT2D eigenvalue weighted by Gasteiger charge is 2.23. The Morgan fingerprint density at radius 2 is 2.26 bits per heavy atom. The molecular weight excluding hydrogens is 240 g/mol. The zero-order chi connectivity index (χ0) is 13.2. The van der Waals surface area contributed by atoms with Crippen LogP contribution in [0.25, 0.3) is 11.5 Å². The molecule has 0 bridgehead atoms. The van der Waals surface area contributed by atoms with Crippen molar-refractivity contribution in [2.45, 2.75) is 39.2 Å². The fourth-order valence-corrected chi connectivity index (χ4v) is 2.63. The smallest absolute Gasteiger partial charge is 0.261 e. The lowest BCUT2D eigenvalue weighted by Gasteiger charge is -2.14. The van der Waals surface area contributed by atoms with Crippen molar-refractivity contribution in [1.82, 2.24) is 15.1 Å². The number of hydrogen-bond donors (Lipinski definition) is 1. The van der Waals surface area contributed by atoms with Crippen molar-refractivity contribution < 1.29 is 4.52 Å². The van der Waals surface area contributed by atoms with Crippen LogP contribution in [0.2, 0.25) is 0 Å². The summed E-state index contributed by atoms with van der Waals surface area (Å²) in [6.45, 7) is 4.11. The monoisotopic (exact) mass is 258 g/mol. The van der Waals surface area contributed by atoms with Gasteiger partial charge in [0.05, 0.1) is 5.56 Å². The molecule has 0 spiro atoms. The SMILES string of the molecule is Cc1noc(-c2cccnc2NC2CCC(C)C2)n1. The second-order valence-corrected chi connectivity index (χ2v) is 5.31. The fourth-order valence-electron chi connectivity index (χ4n) is 2.63. The molecule has 100 valence electrons. The number of aryl methyl sites for hydroxylation is 1. The molecule has 3 rings (SSSR count). The summed E-state index contributed by atoms with van der Waals surface area (Å²) in [5.74, 6) is 2.79. The Balaban J connectivity index is 1.85. The van der Waals surface area contributed by atoms with Gasteiger partial charge in [-0.2, -0.15) is 4.98 Å². The lowest BCUT2D eigenvalue weighted by atomic mass is 10.1. The van der Waals surface area contributed by atoms with E-state index < -0.39 is 0 Å². The van der Waals surface area contributed by atoms with Crippen LogP contribution in [0.1, 0.15) is 32.0 Å². The average molecular weight is 258 g/mol. The molecule has 2 aromatic heterocycles. The maximum Gasteiger partial charge on any atom is 0.261 e. The maximum absolute atomic E-state index is 5.24. The van der Waals surface area contributed by atoms with Crippen molar-refractivity contribution >= 4 is 5.82 Å². The van der Waals surface area contributed by atoms with Gasteiger partial charge < -0.3 is 9.84 Å². The molecule has 0 radical (unpaired) electrons. The van der Waals surface area contributed by atoms with E-state index in [1.807, 2.05) is 19.1 Å². The molecule has 2 heterocycles. The van der Waals surface area contributed by atoms with Crippen LogP contribution in [0.4, 0.5) is 5.82 Å². The van der Waals surface area contributed by atoms with E-state index in [1.54, 1.807) is 6.20 Å². The molecule has 2 aromatic rings. The van der Waals surface area contributed by atoms with Crippen LogP contribution in [-0.4, -0.2) is 21.2 Å². The van der Waals surface area contributed by atoms with E-state index in [1.165, 1.54) is 19.3 Å². The third-order valence-electron chi connectivity index (χ3n) is 3.60. The first-order valence-electron chi connectivity index (χ1n) is 6.74. The van der Waals surface area contributed by atoms with E-state index in [9.17, 15) is 0 Å². The lowest BCUT2D eigenvalue weighted by Crippen LogP contribution is -2.16. The van der Waals surface area contributed by atoms with E-state index >= 15 is 0 Å². The van der Waals surface area contributed by atoms with Crippen LogP contribution in [0.3, 0.4) is 0 Å². The number of anilines is 1. The van der Waals surface area contributed by atoms with Crippen LogP contribution in [0.5, 0.6) is 0 Å². The van der Waals surface area contributed by atoms with Crippen molar-refractivity contribution in [2.75, 3.05) is 5.32 Å². The zero-order valence-corrected chi connectivity index (χ0v) is 11.3. The van der Waals surface area contributed by atoms with Crippen molar-refractivity contribution in [3.8, 4) is 11.5 Å². The molecule has 2 atom stereocenters. The molecule has 5 nitrogen and oxygen atoms in total. The molecular formula is C14H18N4O. The number of hydrogen-bond acceptors (Lipinski definition) is 5. The summed E-state index contributed by atoms with van der Waals surface area (Å²) in [4.78, 5) is 8.69. The third-order valence-corrected chi connectivity index (χ3v) is 3.60. The summed E-state index contributed by atoms with van der Waals surface area (Å²) >= 11 is 0. The molecule has 0 saturated heterocycles. The highest BCUT2D eigenvalue weighted by molar-refractivity contribution is 5.68. The number of rotatable bonds is 3. The van der Waals surface area contributed by atoms with E-state index in [-0.39, 0.29) is 0 Å². The molecule has 2 unspecified atom stereocenters. The van der Waals surface area contributed by atoms with E-state index in [0.717, 1.165) is 17.3 Å². The lowest BCUT2D eigenvalue weighted by molar-refractivity contribution is 0.425. The molecule has 1 fully saturated rings.